The van der Waals surface area contributed by atoms with E-state index in [0.717, 1.165) is 17.9 Å². The Bertz CT molecular complexity index is 1190. The fourth-order valence-corrected chi connectivity index (χ4v) is 5.48. The Labute approximate surface area is 182 Å². The fraction of sp³-hybridized carbons (Fsp3) is 0.435. The summed E-state index contributed by atoms with van der Waals surface area (Å²) in [4.78, 5) is 13.9. The monoisotopic (exact) mass is 443 g/mol. The first-order chi connectivity index (χ1) is 14.9. The number of aromatic nitrogens is 1. The normalized spacial score (nSPS) is 16.4. The zero-order valence-electron chi connectivity index (χ0n) is 17.7. The van der Waals surface area contributed by atoms with E-state index in [2.05, 4.69) is 21.9 Å². The minimum Gasteiger partial charge on any atom is -0.408 e. The highest BCUT2D eigenvalue weighted by molar-refractivity contribution is 7.92. The third kappa shape index (κ3) is 5.37. The lowest BCUT2D eigenvalue weighted by Gasteiger charge is -2.25. The smallest absolute Gasteiger partial charge is 0.408 e. The molecule has 7 nitrogen and oxygen atoms in total. The lowest BCUT2D eigenvalue weighted by molar-refractivity contribution is 0.305. The van der Waals surface area contributed by atoms with Crippen molar-refractivity contribution in [2.75, 3.05) is 4.72 Å². The van der Waals surface area contributed by atoms with Crippen LogP contribution in [0.3, 0.4) is 0 Å². The number of anilines is 1. The standard InChI is InChI=1S/C23H29N3O4S/c1-16(13-17-7-3-2-4-8-17)24-15-18-9-5-6-10-20(18)26-31(28,29)19-11-12-21-22(14-19)30-23(27)25-21/h5-6,9-12,14,16-17,24,26H,2-4,7-8,13,15H2,1H3,(H,25,27)/t16-/m1/s1. The van der Waals surface area contributed by atoms with Gasteiger partial charge in [-0.25, -0.2) is 13.2 Å². The summed E-state index contributed by atoms with van der Waals surface area (Å²) in [6, 6.07) is 12.1. The van der Waals surface area contributed by atoms with Gasteiger partial charge >= 0.3 is 5.76 Å². The molecular weight excluding hydrogens is 414 g/mol. The summed E-state index contributed by atoms with van der Waals surface area (Å²) in [5.41, 5.74) is 2.09. The largest absolute Gasteiger partial charge is 0.417 e. The van der Waals surface area contributed by atoms with Gasteiger partial charge in [0.05, 0.1) is 16.1 Å². The summed E-state index contributed by atoms with van der Waals surface area (Å²) in [5.74, 6) is 0.171. The molecule has 4 rings (SSSR count). The summed E-state index contributed by atoms with van der Waals surface area (Å²) in [7, 11) is -3.83. The average Bonchev–Trinajstić information content (AvgIpc) is 3.13. The minimum absolute atomic E-state index is 0.0381. The predicted octanol–water partition coefficient (Wildman–Crippen LogP) is 4.37. The molecule has 1 fully saturated rings. The Kier molecular flexibility index (Phi) is 6.48. The van der Waals surface area contributed by atoms with Gasteiger partial charge < -0.3 is 9.73 Å². The lowest BCUT2D eigenvalue weighted by atomic mass is 9.85. The topological polar surface area (TPSA) is 104 Å². The molecule has 2 aromatic carbocycles. The highest BCUT2D eigenvalue weighted by Gasteiger charge is 2.19. The van der Waals surface area contributed by atoms with Crippen LogP contribution in [0, 0.1) is 5.92 Å². The third-order valence-electron chi connectivity index (χ3n) is 6.02. The molecule has 3 N–H and O–H groups in total. The van der Waals surface area contributed by atoms with Crippen molar-refractivity contribution in [3.05, 3.63) is 58.6 Å². The maximum Gasteiger partial charge on any atom is 0.417 e. The van der Waals surface area contributed by atoms with Crippen molar-refractivity contribution in [3.63, 3.8) is 0 Å². The molecule has 1 aliphatic rings. The van der Waals surface area contributed by atoms with Crippen LogP contribution in [0.2, 0.25) is 0 Å². The summed E-state index contributed by atoms with van der Waals surface area (Å²) in [6.07, 6.45) is 7.80. The summed E-state index contributed by atoms with van der Waals surface area (Å²) in [5, 5.41) is 3.55. The first-order valence-electron chi connectivity index (χ1n) is 10.9. The minimum atomic E-state index is -3.83. The third-order valence-corrected chi connectivity index (χ3v) is 7.38. The highest BCUT2D eigenvalue weighted by Crippen LogP contribution is 2.28. The zero-order valence-corrected chi connectivity index (χ0v) is 18.5. The van der Waals surface area contributed by atoms with E-state index >= 15 is 0 Å². The summed E-state index contributed by atoms with van der Waals surface area (Å²) < 4.78 is 33.6. The number of aromatic amines is 1. The van der Waals surface area contributed by atoms with Gasteiger partial charge in [0, 0.05) is 18.7 Å². The lowest BCUT2D eigenvalue weighted by Crippen LogP contribution is -2.29. The molecule has 0 unspecified atom stereocenters. The second-order valence-corrected chi connectivity index (χ2v) is 10.1. The molecule has 0 bridgehead atoms. The van der Waals surface area contributed by atoms with Crippen molar-refractivity contribution < 1.29 is 12.8 Å². The Morgan fingerprint density at radius 1 is 1.13 bits per heavy atom. The van der Waals surface area contributed by atoms with E-state index in [-0.39, 0.29) is 10.5 Å². The van der Waals surface area contributed by atoms with E-state index in [0.29, 0.717) is 23.8 Å². The summed E-state index contributed by atoms with van der Waals surface area (Å²) >= 11 is 0. The number of para-hydroxylation sites is 1. The SMILES string of the molecule is C[C@H](CC1CCCCC1)NCc1ccccc1NS(=O)(=O)c1ccc2[nH]c(=O)oc2c1. The van der Waals surface area contributed by atoms with Crippen molar-refractivity contribution in [1.82, 2.24) is 10.3 Å². The van der Waals surface area contributed by atoms with Gasteiger partial charge in [0.15, 0.2) is 5.58 Å². The second kappa shape index (κ2) is 9.28. The number of benzene rings is 2. The van der Waals surface area contributed by atoms with E-state index in [4.69, 9.17) is 4.42 Å². The van der Waals surface area contributed by atoms with Crippen molar-refractivity contribution in [1.29, 1.82) is 0 Å². The Morgan fingerprint density at radius 2 is 1.90 bits per heavy atom. The summed E-state index contributed by atoms with van der Waals surface area (Å²) in [6.45, 7) is 2.78. The molecule has 1 aliphatic carbocycles. The van der Waals surface area contributed by atoms with Crippen molar-refractivity contribution in [2.24, 2.45) is 5.92 Å². The van der Waals surface area contributed by atoms with Crippen molar-refractivity contribution >= 4 is 26.8 Å². The Morgan fingerprint density at radius 3 is 2.71 bits per heavy atom. The van der Waals surface area contributed by atoms with E-state index in [9.17, 15) is 13.2 Å². The molecule has 31 heavy (non-hydrogen) atoms. The number of hydrogen-bond donors (Lipinski definition) is 3. The zero-order chi connectivity index (χ0) is 21.8. The quantitative estimate of drug-likeness (QED) is 0.480. The van der Waals surface area contributed by atoms with Crippen LogP contribution >= 0.6 is 0 Å². The molecule has 0 aliphatic heterocycles. The number of oxazole rings is 1. The molecule has 1 saturated carbocycles. The van der Waals surface area contributed by atoms with Crippen LogP contribution in [-0.2, 0) is 16.6 Å². The molecule has 1 atom stereocenters. The van der Waals surface area contributed by atoms with Crippen LogP contribution in [0.1, 0.15) is 51.0 Å². The van der Waals surface area contributed by atoms with Gasteiger partial charge in [-0.3, -0.25) is 9.71 Å². The van der Waals surface area contributed by atoms with Crippen LogP contribution in [0.15, 0.2) is 56.6 Å². The molecule has 1 heterocycles. The van der Waals surface area contributed by atoms with E-state index in [1.165, 1.54) is 50.3 Å². The molecule has 0 spiro atoms. The highest BCUT2D eigenvalue weighted by atomic mass is 32.2. The first-order valence-corrected chi connectivity index (χ1v) is 12.4. The predicted molar refractivity (Wildman–Crippen MR) is 122 cm³/mol. The van der Waals surface area contributed by atoms with E-state index in [1.807, 2.05) is 12.1 Å². The van der Waals surface area contributed by atoms with Crippen LogP contribution in [0.25, 0.3) is 11.1 Å². The number of nitrogens with one attached hydrogen (secondary N) is 3. The molecule has 0 radical (unpaired) electrons. The Hall–Kier alpha value is -2.58. The average molecular weight is 444 g/mol. The van der Waals surface area contributed by atoms with Gasteiger partial charge in [0.1, 0.15) is 0 Å². The molecule has 8 heteroatoms. The maximum absolute atomic E-state index is 12.9. The first kappa shape index (κ1) is 21.6. The molecule has 3 aromatic rings. The molecule has 166 valence electrons. The number of H-pyrrole nitrogens is 1. The van der Waals surface area contributed by atoms with E-state index in [1.54, 1.807) is 12.1 Å². The maximum atomic E-state index is 12.9. The molecule has 0 amide bonds. The fourth-order valence-electron chi connectivity index (χ4n) is 4.36. The molecule has 1 aromatic heterocycles. The second-order valence-electron chi connectivity index (χ2n) is 8.46. The van der Waals surface area contributed by atoms with Crippen LogP contribution in [0.4, 0.5) is 5.69 Å². The number of hydrogen-bond acceptors (Lipinski definition) is 5. The van der Waals surface area contributed by atoms with Gasteiger partial charge in [-0.05, 0) is 43.0 Å². The number of fused-ring (bicyclic) bond motifs is 1. The molecular formula is C23H29N3O4S. The van der Waals surface area contributed by atoms with Crippen LogP contribution in [0.5, 0.6) is 0 Å². The number of sulfonamides is 1. The number of rotatable bonds is 8. The van der Waals surface area contributed by atoms with Crippen molar-refractivity contribution in [3.8, 4) is 0 Å². The van der Waals surface area contributed by atoms with Gasteiger partial charge in [-0.2, -0.15) is 0 Å². The van der Waals surface area contributed by atoms with Gasteiger partial charge in [0.2, 0.25) is 0 Å². The van der Waals surface area contributed by atoms with Gasteiger partial charge in [0.25, 0.3) is 10.0 Å². The van der Waals surface area contributed by atoms with Gasteiger partial charge in [-0.15, -0.1) is 0 Å². The van der Waals surface area contributed by atoms with Crippen molar-refractivity contribution in [2.45, 2.75) is 62.9 Å². The van der Waals surface area contributed by atoms with Crippen LogP contribution < -0.4 is 15.8 Å². The van der Waals surface area contributed by atoms with Gasteiger partial charge in [-0.1, -0.05) is 50.3 Å². The van der Waals surface area contributed by atoms with E-state index < -0.39 is 15.8 Å². The van der Waals surface area contributed by atoms with Crippen LogP contribution in [-0.4, -0.2) is 19.4 Å². The molecule has 0 saturated heterocycles. The Balaban J connectivity index is 1.45.